The molecule has 0 aromatic heterocycles. The lowest BCUT2D eigenvalue weighted by molar-refractivity contribution is 0.254. The Labute approximate surface area is 82.8 Å². The van der Waals surface area contributed by atoms with Crippen molar-refractivity contribution in [2.24, 2.45) is 0 Å². The summed E-state index contributed by atoms with van der Waals surface area (Å²) in [6.07, 6.45) is 0. The van der Waals surface area contributed by atoms with Crippen LogP contribution in [0.3, 0.4) is 0 Å². The molecule has 0 aliphatic carbocycles. The normalized spacial score (nSPS) is 9.21. The zero-order valence-corrected chi connectivity index (χ0v) is 8.00. The SMILES string of the molecule is C=C(C)NC(=O)Nc1ccc(N)cc1. The van der Waals surface area contributed by atoms with E-state index in [1.807, 2.05) is 0 Å². The van der Waals surface area contributed by atoms with Gasteiger partial charge in [-0.05, 0) is 31.2 Å². The number of nitrogens with two attached hydrogens (primary N) is 1. The third kappa shape index (κ3) is 3.18. The van der Waals surface area contributed by atoms with Gasteiger partial charge >= 0.3 is 6.03 Å². The van der Waals surface area contributed by atoms with E-state index in [9.17, 15) is 4.79 Å². The van der Waals surface area contributed by atoms with Crippen molar-refractivity contribution in [1.29, 1.82) is 0 Å². The summed E-state index contributed by atoms with van der Waals surface area (Å²) in [4.78, 5) is 11.2. The van der Waals surface area contributed by atoms with Crippen molar-refractivity contribution in [3.05, 3.63) is 36.5 Å². The first-order chi connectivity index (χ1) is 6.58. The second-order valence-electron chi connectivity index (χ2n) is 2.98. The van der Waals surface area contributed by atoms with Crippen molar-refractivity contribution in [1.82, 2.24) is 5.32 Å². The maximum atomic E-state index is 11.2. The maximum Gasteiger partial charge on any atom is 0.323 e. The maximum absolute atomic E-state index is 11.2. The Bertz CT molecular complexity index is 343. The van der Waals surface area contributed by atoms with E-state index >= 15 is 0 Å². The second kappa shape index (κ2) is 4.32. The van der Waals surface area contributed by atoms with E-state index in [4.69, 9.17) is 5.73 Å². The lowest BCUT2D eigenvalue weighted by Gasteiger charge is -2.06. The van der Waals surface area contributed by atoms with Gasteiger partial charge < -0.3 is 16.4 Å². The van der Waals surface area contributed by atoms with Gasteiger partial charge in [0.2, 0.25) is 0 Å². The number of anilines is 2. The number of carbonyl (C=O) groups is 1. The standard InChI is InChI=1S/C10H13N3O/c1-7(2)12-10(14)13-9-5-3-8(11)4-6-9/h3-6H,1,11H2,2H3,(H2,12,13,14). The molecule has 0 fully saturated rings. The molecule has 0 radical (unpaired) electrons. The largest absolute Gasteiger partial charge is 0.399 e. The van der Waals surface area contributed by atoms with Gasteiger partial charge in [-0.3, -0.25) is 0 Å². The van der Waals surface area contributed by atoms with Crippen LogP contribution >= 0.6 is 0 Å². The molecule has 0 heterocycles. The molecule has 2 amide bonds. The molecule has 4 nitrogen and oxygen atoms in total. The Balaban J connectivity index is 2.56. The molecule has 4 heteroatoms. The molecule has 1 aromatic rings. The monoisotopic (exact) mass is 191 g/mol. The van der Waals surface area contributed by atoms with Crippen LogP contribution < -0.4 is 16.4 Å². The number of urea groups is 1. The molecule has 4 N–H and O–H groups in total. The number of benzene rings is 1. The highest BCUT2D eigenvalue weighted by Crippen LogP contribution is 2.09. The zero-order valence-electron chi connectivity index (χ0n) is 8.00. The topological polar surface area (TPSA) is 67.2 Å². The Morgan fingerprint density at radius 1 is 1.36 bits per heavy atom. The van der Waals surface area contributed by atoms with E-state index in [1.165, 1.54) is 0 Å². The fourth-order valence-corrected chi connectivity index (χ4v) is 0.923. The van der Waals surface area contributed by atoms with Gasteiger partial charge in [-0.1, -0.05) is 6.58 Å². The van der Waals surface area contributed by atoms with Gasteiger partial charge in [-0.2, -0.15) is 0 Å². The molecule has 1 aromatic carbocycles. The molecule has 0 atom stereocenters. The third-order valence-corrected chi connectivity index (χ3v) is 1.50. The molecule has 0 unspecified atom stereocenters. The van der Waals surface area contributed by atoms with Crippen molar-refractivity contribution in [3.63, 3.8) is 0 Å². The summed E-state index contributed by atoms with van der Waals surface area (Å²) in [6.45, 7) is 5.27. The molecule has 74 valence electrons. The highest BCUT2D eigenvalue weighted by atomic mass is 16.2. The summed E-state index contributed by atoms with van der Waals surface area (Å²) in [5, 5.41) is 5.16. The van der Waals surface area contributed by atoms with Crippen LogP contribution in [0.2, 0.25) is 0 Å². The van der Waals surface area contributed by atoms with Crippen molar-refractivity contribution in [2.45, 2.75) is 6.92 Å². The molecule has 0 aliphatic rings. The summed E-state index contributed by atoms with van der Waals surface area (Å²) < 4.78 is 0. The van der Waals surface area contributed by atoms with Crippen LogP contribution in [-0.4, -0.2) is 6.03 Å². The molecule has 1 rings (SSSR count). The smallest absolute Gasteiger partial charge is 0.323 e. The predicted octanol–water partition coefficient (Wildman–Crippen LogP) is 1.92. The lowest BCUT2D eigenvalue weighted by atomic mass is 10.3. The molecule has 0 spiro atoms. The average molecular weight is 191 g/mol. The van der Waals surface area contributed by atoms with Crippen molar-refractivity contribution >= 4 is 17.4 Å². The zero-order chi connectivity index (χ0) is 10.6. The Kier molecular flexibility index (Phi) is 3.12. The van der Waals surface area contributed by atoms with Gasteiger partial charge in [0.15, 0.2) is 0 Å². The summed E-state index contributed by atoms with van der Waals surface area (Å²) in [6, 6.07) is 6.59. The summed E-state index contributed by atoms with van der Waals surface area (Å²) in [5.41, 5.74) is 7.45. The first-order valence-electron chi connectivity index (χ1n) is 4.17. The Morgan fingerprint density at radius 2 is 1.93 bits per heavy atom. The molecule has 0 aliphatic heterocycles. The minimum atomic E-state index is -0.303. The molecule has 0 bridgehead atoms. The number of hydrogen-bond acceptors (Lipinski definition) is 2. The van der Waals surface area contributed by atoms with E-state index in [-0.39, 0.29) is 6.03 Å². The van der Waals surface area contributed by atoms with Gasteiger partial charge in [-0.15, -0.1) is 0 Å². The highest BCUT2D eigenvalue weighted by molar-refractivity contribution is 5.90. The Morgan fingerprint density at radius 3 is 2.43 bits per heavy atom. The fraction of sp³-hybridized carbons (Fsp3) is 0.100. The average Bonchev–Trinajstić information content (AvgIpc) is 2.07. The van der Waals surface area contributed by atoms with Crippen molar-refractivity contribution < 1.29 is 4.79 Å². The molecular formula is C10H13N3O. The molecule has 0 saturated heterocycles. The molecule has 0 saturated carbocycles. The first kappa shape index (κ1) is 10.1. The van der Waals surface area contributed by atoms with Crippen LogP contribution in [0.15, 0.2) is 36.5 Å². The molecule has 14 heavy (non-hydrogen) atoms. The van der Waals surface area contributed by atoms with Gasteiger partial charge in [0.1, 0.15) is 0 Å². The van der Waals surface area contributed by atoms with Crippen LogP contribution in [0, 0.1) is 0 Å². The Hall–Kier alpha value is -1.97. The van der Waals surface area contributed by atoms with Crippen molar-refractivity contribution in [3.8, 4) is 0 Å². The number of nitrogens with one attached hydrogen (secondary N) is 2. The van der Waals surface area contributed by atoms with E-state index in [2.05, 4.69) is 17.2 Å². The number of carbonyl (C=O) groups excluding carboxylic acids is 1. The van der Waals surface area contributed by atoms with Crippen LogP contribution in [0.1, 0.15) is 6.92 Å². The highest BCUT2D eigenvalue weighted by Gasteiger charge is 1.99. The van der Waals surface area contributed by atoms with Crippen LogP contribution in [0.4, 0.5) is 16.2 Å². The van der Waals surface area contributed by atoms with Crippen molar-refractivity contribution in [2.75, 3.05) is 11.1 Å². The lowest BCUT2D eigenvalue weighted by Crippen LogP contribution is -2.26. The van der Waals surface area contributed by atoms with Crippen LogP contribution in [0.5, 0.6) is 0 Å². The number of allylic oxidation sites excluding steroid dienone is 1. The van der Waals surface area contributed by atoms with Crippen LogP contribution in [0.25, 0.3) is 0 Å². The number of rotatable bonds is 2. The number of nitrogen functional groups attached to an aromatic ring is 1. The minimum Gasteiger partial charge on any atom is -0.399 e. The van der Waals surface area contributed by atoms with E-state index in [1.54, 1.807) is 31.2 Å². The number of amides is 2. The summed E-state index contributed by atoms with van der Waals surface area (Å²) in [5.74, 6) is 0. The van der Waals surface area contributed by atoms with Gasteiger partial charge in [-0.25, -0.2) is 4.79 Å². The fourth-order valence-electron chi connectivity index (χ4n) is 0.923. The van der Waals surface area contributed by atoms with Gasteiger partial charge in [0, 0.05) is 17.1 Å². The summed E-state index contributed by atoms with van der Waals surface area (Å²) in [7, 11) is 0. The minimum absolute atomic E-state index is 0.303. The third-order valence-electron chi connectivity index (χ3n) is 1.50. The van der Waals surface area contributed by atoms with Gasteiger partial charge in [0.25, 0.3) is 0 Å². The first-order valence-corrected chi connectivity index (χ1v) is 4.17. The van der Waals surface area contributed by atoms with Crippen LogP contribution in [-0.2, 0) is 0 Å². The van der Waals surface area contributed by atoms with E-state index < -0.39 is 0 Å². The number of hydrogen-bond donors (Lipinski definition) is 3. The summed E-state index contributed by atoms with van der Waals surface area (Å²) >= 11 is 0. The quantitative estimate of drug-likeness (QED) is 0.625. The predicted molar refractivity (Wildman–Crippen MR) is 57.8 cm³/mol. The second-order valence-corrected chi connectivity index (χ2v) is 2.98. The van der Waals surface area contributed by atoms with Gasteiger partial charge in [0.05, 0.1) is 0 Å². The van der Waals surface area contributed by atoms with E-state index in [0.29, 0.717) is 17.1 Å². The van der Waals surface area contributed by atoms with E-state index in [0.717, 1.165) is 0 Å². The molecular weight excluding hydrogens is 178 g/mol.